The molecule has 2 unspecified atom stereocenters. The number of rotatable bonds is 10. The van der Waals surface area contributed by atoms with Crippen molar-refractivity contribution in [2.75, 3.05) is 32.9 Å². The van der Waals surface area contributed by atoms with Gasteiger partial charge in [0.05, 0.1) is 32.0 Å². The van der Waals surface area contributed by atoms with Crippen molar-refractivity contribution in [1.82, 2.24) is 5.32 Å². The number of hydrogen-bond acceptors (Lipinski definition) is 5. The van der Waals surface area contributed by atoms with Crippen LogP contribution in [0.25, 0.3) is 0 Å². The third-order valence-corrected chi connectivity index (χ3v) is 2.08. The molecular weight excluding hydrogens is 267 g/mol. The minimum atomic E-state index is -4.65. The number of ether oxygens (including phenoxy) is 2. The van der Waals surface area contributed by atoms with Crippen LogP contribution in [0.3, 0.4) is 0 Å². The van der Waals surface area contributed by atoms with E-state index in [0.717, 1.165) is 0 Å². The first kappa shape index (κ1) is 18.6. The monoisotopic (exact) mass is 289 g/mol. The molecule has 0 saturated carbocycles. The summed E-state index contributed by atoms with van der Waals surface area (Å²) in [5.74, 6) is 0. The second-order valence-corrected chi connectivity index (χ2v) is 4.36. The molecule has 0 aromatic heterocycles. The highest BCUT2D eigenvalue weighted by atomic mass is 19.4. The lowest BCUT2D eigenvalue weighted by atomic mass is 10.3. The van der Waals surface area contributed by atoms with Gasteiger partial charge in [-0.1, -0.05) is 0 Å². The predicted molar refractivity (Wildman–Crippen MR) is 62.8 cm³/mol. The van der Waals surface area contributed by atoms with Crippen LogP contribution in [-0.2, 0) is 9.47 Å². The fourth-order valence-electron chi connectivity index (χ4n) is 1.12. The number of hydrogen-bond donors (Lipinski definition) is 3. The second kappa shape index (κ2) is 9.49. The van der Waals surface area contributed by atoms with Crippen molar-refractivity contribution in [3.05, 3.63) is 0 Å². The Morgan fingerprint density at radius 3 is 2.26 bits per heavy atom. The van der Waals surface area contributed by atoms with E-state index in [1.54, 1.807) is 0 Å². The first-order valence-corrected chi connectivity index (χ1v) is 6.06. The zero-order valence-electron chi connectivity index (χ0n) is 11.1. The highest BCUT2D eigenvalue weighted by Crippen LogP contribution is 2.18. The maximum absolute atomic E-state index is 11.9. The Morgan fingerprint density at radius 1 is 1.11 bits per heavy atom. The summed E-state index contributed by atoms with van der Waals surface area (Å²) in [5.41, 5.74) is 0. The lowest BCUT2D eigenvalue weighted by Gasteiger charge is -2.17. The van der Waals surface area contributed by atoms with Crippen molar-refractivity contribution in [2.24, 2.45) is 0 Å². The van der Waals surface area contributed by atoms with Crippen LogP contribution in [0.2, 0.25) is 0 Å². The van der Waals surface area contributed by atoms with E-state index >= 15 is 0 Å². The van der Waals surface area contributed by atoms with Crippen LogP contribution in [0.4, 0.5) is 13.2 Å². The molecule has 0 aromatic rings. The van der Waals surface area contributed by atoms with Crippen LogP contribution in [0.1, 0.15) is 13.8 Å². The van der Waals surface area contributed by atoms with Gasteiger partial charge in [-0.2, -0.15) is 13.2 Å². The Hall–Kier alpha value is -0.410. The van der Waals surface area contributed by atoms with Crippen LogP contribution in [0, 0.1) is 0 Å². The largest absolute Gasteiger partial charge is 0.415 e. The molecule has 3 N–H and O–H groups in total. The van der Waals surface area contributed by atoms with Gasteiger partial charge < -0.3 is 25.0 Å². The van der Waals surface area contributed by atoms with Gasteiger partial charge in [-0.05, 0) is 13.8 Å². The topological polar surface area (TPSA) is 71.0 Å². The summed E-state index contributed by atoms with van der Waals surface area (Å²) in [7, 11) is 0. The molecular formula is C11H22F3NO4. The van der Waals surface area contributed by atoms with Gasteiger partial charge in [-0.15, -0.1) is 0 Å². The lowest BCUT2D eigenvalue weighted by Crippen LogP contribution is -2.41. The van der Waals surface area contributed by atoms with Crippen molar-refractivity contribution in [3.63, 3.8) is 0 Å². The standard InChI is InChI=1S/C11H22F3NO4/c1-8(2)19-4-3-18-7-9(16)5-15-6-10(17)11(12,13)14/h8-10,15-17H,3-7H2,1-2H3. The van der Waals surface area contributed by atoms with Crippen LogP contribution >= 0.6 is 0 Å². The van der Waals surface area contributed by atoms with E-state index in [2.05, 4.69) is 5.32 Å². The summed E-state index contributed by atoms with van der Waals surface area (Å²) in [4.78, 5) is 0. The Balaban J connectivity index is 3.47. The average Bonchev–Trinajstić information content (AvgIpc) is 2.26. The molecule has 0 spiro atoms. The Labute approximate surface area is 110 Å². The number of nitrogens with one attached hydrogen (secondary N) is 1. The van der Waals surface area contributed by atoms with Gasteiger partial charge in [0.15, 0.2) is 6.10 Å². The summed E-state index contributed by atoms with van der Waals surface area (Å²) >= 11 is 0. The maximum Gasteiger partial charge on any atom is 0.415 e. The van der Waals surface area contributed by atoms with Crippen molar-refractivity contribution in [3.8, 4) is 0 Å². The van der Waals surface area contributed by atoms with Crippen molar-refractivity contribution >= 4 is 0 Å². The molecule has 0 bridgehead atoms. The van der Waals surface area contributed by atoms with Crippen molar-refractivity contribution in [2.45, 2.75) is 38.3 Å². The van der Waals surface area contributed by atoms with Gasteiger partial charge >= 0.3 is 6.18 Å². The lowest BCUT2D eigenvalue weighted by molar-refractivity contribution is -0.202. The molecule has 0 aliphatic rings. The SMILES string of the molecule is CC(C)OCCOCC(O)CNCC(O)C(F)(F)F. The average molecular weight is 289 g/mol. The van der Waals surface area contributed by atoms with Gasteiger partial charge in [-0.25, -0.2) is 0 Å². The predicted octanol–water partition coefficient (Wildman–Crippen LogP) is 0.302. The Bertz CT molecular complexity index is 226. The van der Waals surface area contributed by atoms with Crippen molar-refractivity contribution in [1.29, 1.82) is 0 Å². The van der Waals surface area contributed by atoms with Crippen molar-refractivity contribution < 1.29 is 32.9 Å². The maximum atomic E-state index is 11.9. The molecule has 0 amide bonds. The fourth-order valence-corrected chi connectivity index (χ4v) is 1.12. The van der Waals surface area contributed by atoms with Gasteiger partial charge in [-0.3, -0.25) is 0 Å². The summed E-state index contributed by atoms with van der Waals surface area (Å²) < 4.78 is 46.1. The molecule has 0 heterocycles. The number of halogens is 3. The summed E-state index contributed by atoms with van der Waals surface area (Å²) in [6.45, 7) is 3.71. The van der Waals surface area contributed by atoms with E-state index in [-0.39, 0.29) is 19.3 Å². The van der Waals surface area contributed by atoms with Gasteiger partial charge in [0.1, 0.15) is 0 Å². The molecule has 116 valence electrons. The first-order valence-electron chi connectivity index (χ1n) is 6.06. The van der Waals surface area contributed by atoms with Crippen LogP contribution < -0.4 is 5.32 Å². The molecule has 0 rings (SSSR count). The minimum Gasteiger partial charge on any atom is -0.389 e. The van der Waals surface area contributed by atoms with Crippen LogP contribution in [0.5, 0.6) is 0 Å². The molecule has 0 aliphatic heterocycles. The fraction of sp³-hybridized carbons (Fsp3) is 1.00. The van der Waals surface area contributed by atoms with Crippen LogP contribution in [-0.4, -0.2) is 67.6 Å². The highest BCUT2D eigenvalue weighted by Gasteiger charge is 2.37. The Morgan fingerprint density at radius 2 is 1.74 bits per heavy atom. The molecule has 2 atom stereocenters. The zero-order valence-corrected chi connectivity index (χ0v) is 11.1. The summed E-state index contributed by atoms with van der Waals surface area (Å²) in [6.07, 6.45) is -7.92. The smallest absolute Gasteiger partial charge is 0.389 e. The van der Waals surface area contributed by atoms with E-state index < -0.39 is 24.9 Å². The van der Waals surface area contributed by atoms with E-state index in [1.807, 2.05) is 13.8 Å². The molecule has 8 heteroatoms. The molecule has 0 fully saturated rings. The molecule has 0 saturated heterocycles. The highest BCUT2D eigenvalue weighted by molar-refractivity contribution is 4.69. The van der Waals surface area contributed by atoms with E-state index in [0.29, 0.717) is 13.2 Å². The van der Waals surface area contributed by atoms with E-state index in [1.165, 1.54) is 0 Å². The third kappa shape index (κ3) is 11.1. The molecule has 0 radical (unpaired) electrons. The van der Waals surface area contributed by atoms with Gasteiger partial charge in [0, 0.05) is 13.1 Å². The molecule has 19 heavy (non-hydrogen) atoms. The Kier molecular flexibility index (Phi) is 9.28. The van der Waals surface area contributed by atoms with E-state index in [9.17, 15) is 18.3 Å². The van der Waals surface area contributed by atoms with Gasteiger partial charge in [0.25, 0.3) is 0 Å². The summed E-state index contributed by atoms with van der Waals surface area (Å²) in [6, 6.07) is 0. The first-order chi connectivity index (χ1) is 8.73. The normalized spacial score (nSPS) is 15.8. The number of alkyl halides is 3. The third-order valence-electron chi connectivity index (χ3n) is 2.08. The minimum absolute atomic E-state index is 0.00340. The van der Waals surface area contributed by atoms with Crippen LogP contribution in [0.15, 0.2) is 0 Å². The quantitative estimate of drug-likeness (QED) is 0.505. The number of aliphatic hydroxyl groups excluding tert-OH is 2. The van der Waals surface area contributed by atoms with Gasteiger partial charge in [0.2, 0.25) is 0 Å². The summed E-state index contributed by atoms with van der Waals surface area (Å²) in [5, 5.41) is 20.4. The second-order valence-electron chi connectivity index (χ2n) is 4.36. The number of aliphatic hydroxyl groups is 2. The molecule has 0 aromatic carbocycles. The zero-order chi connectivity index (χ0) is 14.9. The molecule has 0 aliphatic carbocycles. The van der Waals surface area contributed by atoms with E-state index in [4.69, 9.17) is 14.6 Å². The molecule has 5 nitrogen and oxygen atoms in total.